The van der Waals surface area contributed by atoms with Gasteiger partial charge in [0.25, 0.3) is 0 Å². The summed E-state index contributed by atoms with van der Waals surface area (Å²) in [5.41, 5.74) is 3.71. The Balaban J connectivity index is 2.14. The topological polar surface area (TPSA) is 75.7 Å². The lowest BCUT2D eigenvalue weighted by atomic mass is 10.0. The maximum atomic E-state index is 12.5. The van der Waals surface area contributed by atoms with Crippen molar-refractivity contribution >= 4 is 21.6 Å². The van der Waals surface area contributed by atoms with Gasteiger partial charge in [0.1, 0.15) is 12.3 Å². The fraction of sp³-hybridized carbons (Fsp3) is 0.350. The van der Waals surface area contributed by atoms with Crippen LogP contribution in [-0.2, 0) is 14.8 Å². The molecule has 1 amide bonds. The van der Waals surface area contributed by atoms with Crippen molar-refractivity contribution in [3.8, 4) is 5.75 Å². The standard InChI is InChI=1S/C20H26N2O4S/c1-14-6-7-17(12-15(14)2)16(3)21-20(23)13-22(27(5,24)25)18-8-10-19(26-4)11-9-18/h6-12,16H,13H2,1-5H3,(H,21,23)/t16-/m1/s1. The van der Waals surface area contributed by atoms with E-state index >= 15 is 0 Å². The second-order valence-electron chi connectivity index (χ2n) is 6.60. The highest BCUT2D eigenvalue weighted by Gasteiger charge is 2.22. The Kier molecular flexibility index (Phi) is 6.49. The predicted octanol–water partition coefficient (Wildman–Crippen LogP) is 2.96. The zero-order valence-electron chi connectivity index (χ0n) is 16.3. The zero-order chi connectivity index (χ0) is 20.2. The molecule has 0 bridgehead atoms. The molecule has 0 unspecified atom stereocenters. The van der Waals surface area contributed by atoms with E-state index in [0.717, 1.165) is 21.7 Å². The largest absolute Gasteiger partial charge is 0.497 e. The highest BCUT2D eigenvalue weighted by Crippen LogP contribution is 2.22. The number of hydrogen-bond donors (Lipinski definition) is 1. The third kappa shape index (κ3) is 5.47. The summed E-state index contributed by atoms with van der Waals surface area (Å²) in [6, 6.07) is 12.3. The number of anilines is 1. The minimum atomic E-state index is -3.61. The van der Waals surface area contributed by atoms with Crippen LogP contribution in [0.3, 0.4) is 0 Å². The second kappa shape index (κ2) is 8.43. The molecule has 1 N–H and O–H groups in total. The predicted molar refractivity (Wildman–Crippen MR) is 108 cm³/mol. The summed E-state index contributed by atoms with van der Waals surface area (Å²) in [7, 11) is -2.08. The van der Waals surface area contributed by atoms with Gasteiger partial charge in [0.2, 0.25) is 15.9 Å². The number of nitrogens with one attached hydrogen (secondary N) is 1. The first-order chi connectivity index (χ1) is 12.6. The van der Waals surface area contributed by atoms with Crippen LogP contribution in [-0.4, -0.2) is 34.2 Å². The molecule has 0 heterocycles. The van der Waals surface area contributed by atoms with Crippen LogP contribution in [0.5, 0.6) is 5.75 Å². The lowest BCUT2D eigenvalue weighted by Gasteiger charge is -2.23. The van der Waals surface area contributed by atoms with Crippen LogP contribution in [0.1, 0.15) is 29.7 Å². The van der Waals surface area contributed by atoms with Gasteiger partial charge in [-0.2, -0.15) is 0 Å². The molecule has 0 fully saturated rings. The minimum absolute atomic E-state index is 0.228. The molecule has 2 aromatic carbocycles. The lowest BCUT2D eigenvalue weighted by molar-refractivity contribution is -0.120. The molecule has 6 nitrogen and oxygen atoms in total. The van der Waals surface area contributed by atoms with E-state index in [1.165, 1.54) is 12.7 Å². The Morgan fingerprint density at radius 2 is 1.74 bits per heavy atom. The van der Waals surface area contributed by atoms with Crippen molar-refractivity contribution in [3.63, 3.8) is 0 Å². The van der Waals surface area contributed by atoms with Gasteiger partial charge in [-0.05, 0) is 61.7 Å². The van der Waals surface area contributed by atoms with Crippen LogP contribution >= 0.6 is 0 Å². The number of ether oxygens (including phenoxy) is 1. The van der Waals surface area contributed by atoms with Crippen molar-refractivity contribution in [1.82, 2.24) is 5.32 Å². The molecule has 146 valence electrons. The number of hydrogen-bond acceptors (Lipinski definition) is 4. The van der Waals surface area contributed by atoms with Crippen LogP contribution in [0.2, 0.25) is 0 Å². The Labute approximate surface area is 161 Å². The molecule has 2 rings (SSSR count). The van der Waals surface area contributed by atoms with Crippen molar-refractivity contribution < 1.29 is 17.9 Å². The van der Waals surface area contributed by atoms with Crippen molar-refractivity contribution in [2.75, 3.05) is 24.2 Å². The molecule has 7 heteroatoms. The van der Waals surface area contributed by atoms with Crippen LogP contribution in [0.25, 0.3) is 0 Å². The molecule has 1 atom stereocenters. The van der Waals surface area contributed by atoms with Gasteiger partial charge in [-0.15, -0.1) is 0 Å². The molecular weight excluding hydrogens is 364 g/mol. The number of sulfonamides is 1. The highest BCUT2D eigenvalue weighted by atomic mass is 32.2. The third-order valence-electron chi connectivity index (χ3n) is 4.46. The van der Waals surface area contributed by atoms with Gasteiger partial charge in [0.15, 0.2) is 0 Å². The van der Waals surface area contributed by atoms with Crippen molar-refractivity contribution in [1.29, 1.82) is 0 Å². The number of aryl methyl sites for hydroxylation is 2. The summed E-state index contributed by atoms with van der Waals surface area (Å²) < 4.78 is 30.5. The fourth-order valence-corrected chi connectivity index (χ4v) is 3.54. The van der Waals surface area contributed by atoms with Crippen molar-refractivity contribution in [3.05, 3.63) is 59.2 Å². The summed E-state index contributed by atoms with van der Waals surface area (Å²) in [6.45, 7) is 5.63. The van der Waals surface area contributed by atoms with Crippen LogP contribution in [0, 0.1) is 13.8 Å². The molecular formula is C20H26N2O4S. The van der Waals surface area contributed by atoms with E-state index in [2.05, 4.69) is 5.32 Å². The van der Waals surface area contributed by atoms with Gasteiger partial charge in [0.05, 0.1) is 25.1 Å². The maximum absolute atomic E-state index is 12.5. The summed E-state index contributed by atoms with van der Waals surface area (Å²) in [5, 5.41) is 2.87. The summed E-state index contributed by atoms with van der Waals surface area (Å²) in [4.78, 5) is 12.5. The number of rotatable bonds is 7. The Morgan fingerprint density at radius 1 is 1.11 bits per heavy atom. The number of methoxy groups -OCH3 is 1. The molecule has 0 aliphatic heterocycles. The molecule has 2 aromatic rings. The number of carbonyl (C=O) groups is 1. The number of carbonyl (C=O) groups excluding carboxylic acids is 1. The van der Waals surface area contributed by atoms with Gasteiger partial charge in [-0.1, -0.05) is 18.2 Å². The van der Waals surface area contributed by atoms with Crippen LogP contribution in [0.15, 0.2) is 42.5 Å². The first kappa shape index (κ1) is 20.8. The smallest absolute Gasteiger partial charge is 0.241 e. The third-order valence-corrected chi connectivity index (χ3v) is 5.60. The first-order valence-electron chi connectivity index (χ1n) is 8.60. The summed E-state index contributed by atoms with van der Waals surface area (Å²) >= 11 is 0. The Bertz CT molecular complexity index is 908. The fourth-order valence-electron chi connectivity index (χ4n) is 2.68. The van der Waals surface area contributed by atoms with E-state index < -0.39 is 10.0 Å². The van der Waals surface area contributed by atoms with E-state index in [-0.39, 0.29) is 18.5 Å². The van der Waals surface area contributed by atoms with Crippen LogP contribution in [0.4, 0.5) is 5.69 Å². The van der Waals surface area contributed by atoms with E-state index in [1.54, 1.807) is 24.3 Å². The molecule has 0 radical (unpaired) electrons. The quantitative estimate of drug-likeness (QED) is 0.789. The van der Waals surface area contributed by atoms with Crippen molar-refractivity contribution in [2.24, 2.45) is 0 Å². The second-order valence-corrected chi connectivity index (χ2v) is 8.51. The molecule has 27 heavy (non-hydrogen) atoms. The van der Waals surface area contributed by atoms with Crippen LogP contribution < -0.4 is 14.4 Å². The molecule has 0 saturated heterocycles. The van der Waals surface area contributed by atoms with E-state index in [0.29, 0.717) is 11.4 Å². The first-order valence-corrected chi connectivity index (χ1v) is 10.4. The Morgan fingerprint density at radius 3 is 2.26 bits per heavy atom. The van der Waals surface area contributed by atoms with Gasteiger partial charge < -0.3 is 10.1 Å². The summed E-state index contributed by atoms with van der Waals surface area (Å²) in [6.07, 6.45) is 1.08. The average molecular weight is 391 g/mol. The number of amides is 1. The maximum Gasteiger partial charge on any atom is 0.241 e. The van der Waals surface area contributed by atoms with Gasteiger partial charge in [-0.3, -0.25) is 9.10 Å². The van der Waals surface area contributed by atoms with Gasteiger partial charge >= 0.3 is 0 Å². The molecule has 0 spiro atoms. The zero-order valence-corrected chi connectivity index (χ0v) is 17.1. The van der Waals surface area contributed by atoms with Gasteiger partial charge in [-0.25, -0.2) is 8.42 Å². The normalized spacial score (nSPS) is 12.3. The Hall–Kier alpha value is -2.54. The van der Waals surface area contributed by atoms with E-state index in [1.807, 2.05) is 39.0 Å². The lowest BCUT2D eigenvalue weighted by Crippen LogP contribution is -2.41. The molecule has 0 saturated carbocycles. The highest BCUT2D eigenvalue weighted by molar-refractivity contribution is 7.92. The SMILES string of the molecule is COc1ccc(N(CC(=O)N[C@H](C)c2ccc(C)c(C)c2)S(C)(=O)=O)cc1. The van der Waals surface area contributed by atoms with E-state index in [4.69, 9.17) is 4.74 Å². The van der Waals surface area contributed by atoms with Crippen molar-refractivity contribution in [2.45, 2.75) is 26.8 Å². The average Bonchev–Trinajstić information content (AvgIpc) is 2.61. The minimum Gasteiger partial charge on any atom is -0.497 e. The summed E-state index contributed by atoms with van der Waals surface area (Å²) in [5.74, 6) is 0.238. The molecule has 0 aliphatic rings. The van der Waals surface area contributed by atoms with Gasteiger partial charge in [0, 0.05) is 0 Å². The number of nitrogens with zero attached hydrogens (tertiary/aromatic N) is 1. The number of benzene rings is 2. The molecule has 0 aromatic heterocycles. The molecule has 0 aliphatic carbocycles. The monoisotopic (exact) mass is 390 g/mol. The van der Waals surface area contributed by atoms with E-state index in [9.17, 15) is 13.2 Å².